The number of hydrogen-bond acceptors (Lipinski definition) is 6. The van der Waals surface area contributed by atoms with E-state index < -0.39 is 6.10 Å². The summed E-state index contributed by atoms with van der Waals surface area (Å²) in [6.45, 7) is 7.89. The fourth-order valence-corrected chi connectivity index (χ4v) is 4.00. The van der Waals surface area contributed by atoms with E-state index in [4.69, 9.17) is 14.5 Å². The van der Waals surface area contributed by atoms with Gasteiger partial charge in [0.1, 0.15) is 24.3 Å². The summed E-state index contributed by atoms with van der Waals surface area (Å²) in [7, 11) is 1.56. The third-order valence-corrected chi connectivity index (χ3v) is 5.79. The van der Waals surface area contributed by atoms with Crippen molar-refractivity contribution >= 4 is 16.6 Å². The van der Waals surface area contributed by atoms with E-state index in [9.17, 15) is 5.11 Å². The summed E-state index contributed by atoms with van der Waals surface area (Å²) < 4.78 is 10.6. The van der Waals surface area contributed by atoms with Gasteiger partial charge in [-0.2, -0.15) is 0 Å². The van der Waals surface area contributed by atoms with E-state index in [0.29, 0.717) is 0 Å². The largest absolute Gasteiger partial charge is 0.491 e. The number of likely N-dealkylation sites (N-methyl/N-ethyl adjacent to an activating group) is 1. The Morgan fingerprint density at radius 1 is 1.00 bits per heavy atom. The molecule has 0 saturated carbocycles. The molecule has 1 N–H and O–H groups in total. The minimum absolute atomic E-state index is 0.204. The molecule has 0 radical (unpaired) electrons. The van der Waals surface area contributed by atoms with Gasteiger partial charge in [0.25, 0.3) is 0 Å². The smallest absolute Gasteiger partial charge is 0.137 e. The second kappa shape index (κ2) is 10.1. The Morgan fingerprint density at radius 2 is 1.74 bits per heavy atom. The van der Waals surface area contributed by atoms with Crippen molar-refractivity contribution in [1.29, 1.82) is 0 Å². The third kappa shape index (κ3) is 5.15. The van der Waals surface area contributed by atoms with Gasteiger partial charge in [-0.1, -0.05) is 31.2 Å². The van der Waals surface area contributed by atoms with Gasteiger partial charge in [-0.05, 0) is 42.3 Å². The molecule has 0 amide bonds. The number of anilines is 1. The van der Waals surface area contributed by atoms with Gasteiger partial charge in [0.2, 0.25) is 0 Å². The van der Waals surface area contributed by atoms with Gasteiger partial charge in [0, 0.05) is 44.2 Å². The highest BCUT2D eigenvalue weighted by Crippen LogP contribution is 2.31. The third-order valence-electron chi connectivity index (χ3n) is 5.79. The molecule has 6 nitrogen and oxygen atoms in total. The van der Waals surface area contributed by atoms with Crippen LogP contribution >= 0.6 is 0 Å². The summed E-state index contributed by atoms with van der Waals surface area (Å²) in [5.41, 5.74) is 2.00. The molecule has 31 heavy (non-hydrogen) atoms. The normalized spacial score (nSPS) is 15.9. The number of hydrogen-bond donors (Lipinski definition) is 1. The summed E-state index contributed by atoms with van der Waals surface area (Å²) in [6.07, 6.45) is -0.637. The van der Waals surface area contributed by atoms with Crippen LogP contribution in [-0.4, -0.2) is 74.1 Å². The van der Waals surface area contributed by atoms with Crippen molar-refractivity contribution in [3.05, 3.63) is 54.6 Å². The predicted molar refractivity (Wildman–Crippen MR) is 125 cm³/mol. The summed E-state index contributed by atoms with van der Waals surface area (Å²) >= 11 is 0. The number of benzene rings is 2. The van der Waals surface area contributed by atoms with Crippen LogP contribution in [0.1, 0.15) is 6.92 Å². The Balaban J connectivity index is 1.58. The first-order valence-corrected chi connectivity index (χ1v) is 10.9. The number of pyridine rings is 1. The van der Waals surface area contributed by atoms with Gasteiger partial charge >= 0.3 is 0 Å². The SMILES string of the molecule is CCN1CCN(c2nc(-c3ccc(OCC(O)COC)cc3)cc3ccccc23)CC1. The molecule has 1 unspecified atom stereocenters. The number of piperazine rings is 1. The van der Waals surface area contributed by atoms with E-state index >= 15 is 0 Å². The highest BCUT2D eigenvalue weighted by molar-refractivity contribution is 5.95. The molecule has 1 aromatic heterocycles. The maximum Gasteiger partial charge on any atom is 0.137 e. The lowest BCUT2D eigenvalue weighted by molar-refractivity contribution is 0.0325. The topological polar surface area (TPSA) is 58.1 Å². The number of aliphatic hydroxyl groups is 1. The molecule has 1 aliphatic heterocycles. The standard InChI is InChI=1S/C25H31N3O3/c1-3-27-12-14-28(15-13-27)25-23-7-5-4-6-20(23)16-24(26-25)19-8-10-22(11-9-19)31-18-21(29)17-30-2/h4-11,16,21,29H,3,12-15,17-18H2,1-2H3. The first-order valence-electron chi connectivity index (χ1n) is 10.9. The molecular weight excluding hydrogens is 390 g/mol. The zero-order valence-corrected chi connectivity index (χ0v) is 18.3. The average molecular weight is 422 g/mol. The van der Waals surface area contributed by atoms with Gasteiger partial charge < -0.3 is 24.4 Å². The first kappa shape index (κ1) is 21.6. The number of aromatic nitrogens is 1. The first-order chi connectivity index (χ1) is 15.2. The van der Waals surface area contributed by atoms with Crippen LogP contribution in [0.3, 0.4) is 0 Å². The number of methoxy groups -OCH3 is 1. The van der Waals surface area contributed by atoms with Crippen molar-refractivity contribution in [2.24, 2.45) is 0 Å². The quantitative estimate of drug-likeness (QED) is 0.601. The van der Waals surface area contributed by atoms with Gasteiger partial charge in [-0.25, -0.2) is 4.98 Å². The van der Waals surface area contributed by atoms with Crippen molar-refractivity contribution in [3.8, 4) is 17.0 Å². The molecule has 6 heteroatoms. The predicted octanol–water partition coefficient (Wildman–Crippen LogP) is 3.43. The van der Waals surface area contributed by atoms with Gasteiger partial charge in [0.05, 0.1) is 12.3 Å². The maximum absolute atomic E-state index is 9.76. The van der Waals surface area contributed by atoms with E-state index in [1.165, 1.54) is 10.8 Å². The highest BCUT2D eigenvalue weighted by atomic mass is 16.5. The lowest BCUT2D eigenvalue weighted by Gasteiger charge is -2.35. The Kier molecular flexibility index (Phi) is 7.02. The number of ether oxygens (including phenoxy) is 2. The molecule has 1 saturated heterocycles. The van der Waals surface area contributed by atoms with Gasteiger partial charge in [0.15, 0.2) is 0 Å². The minimum Gasteiger partial charge on any atom is -0.491 e. The molecule has 2 aromatic carbocycles. The van der Waals surface area contributed by atoms with E-state index in [1.54, 1.807) is 7.11 Å². The molecule has 2 heterocycles. The second-order valence-electron chi connectivity index (χ2n) is 7.92. The minimum atomic E-state index is -0.637. The summed E-state index contributed by atoms with van der Waals surface area (Å²) in [6, 6.07) is 18.5. The summed E-state index contributed by atoms with van der Waals surface area (Å²) in [5, 5.41) is 12.2. The summed E-state index contributed by atoms with van der Waals surface area (Å²) in [5.74, 6) is 1.78. The average Bonchev–Trinajstić information content (AvgIpc) is 2.82. The van der Waals surface area contributed by atoms with E-state index in [0.717, 1.165) is 55.5 Å². The van der Waals surface area contributed by atoms with Gasteiger partial charge in [-0.3, -0.25) is 0 Å². The fraction of sp³-hybridized carbons (Fsp3) is 0.400. The van der Waals surface area contributed by atoms with E-state index in [2.05, 4.69) is 47.1 Å². The monoisotopic (exact) mass is 421 g/mol. The van der Waals surface area contributed by atoms with Crippen LogP contribution in [-0.2, 0) is 4.74 Å². The Morgan fingerprint density at radius 3 is 2.45 bits per heavy atom. The number of aliphatic hydroxyl groups excluding tert-OH is 1. The van der Waals surface area contributed by atoms with Crippen molar-refractivity contribution in [1.82, 2.24) is 9.88 Å². The van der Waals surface area contributed by atoms with Crippen molar-refractivity contribution < 1.29 is 14.6 Å². The lowest BCUT2D eigenvalue weighted by atomic mass is 10.1. The number of nitrogens with zero attached hydrogens (tertiary/aromatic N) is 3. The van der Waals surface area contributed by atoms with Crippen molar-refractivity contribution in [3.63, 3.8) is 0 Å². The lowest BCUT2D eigenvalue weighted by Crippen LogP contribution is -2.46. The van der Waals surface area contributed by atoms with Crippen LogP contribution in [0.25, 0.3) is 22.0 Å². The van der Waals surface area contributed by atoms with Crippen molar-refractivity contribution in [2.75, 3.05) is 57.9 Å². The van der Waals surface area contributed by atoms with Crippen LogP contribution in [0.2, 0.25) is 0 Å². The van der Waals surface area contributed by atoms with Crippen molar-refractivity contribution in [2.45, 2.75) is 13.0 Å². The van der Waals surface area contributed by atoms with E-state index in [-0.39, 0.29) is 13.2 Å². The highest BCUT2D eigenvalue weighted by Gasteiger charge is 2.19. The molecule has 0 bridgehead atoms. The molecule has 4 rings (SSSR count). The van der Waals surface area contributed by atoms with Crippen LogP contribution < -0.4 is 9.64 Å². The number of rotatable bonds is 8. The zero-order valence-electron chi connectivity index (χ0n) is 18.3. The molecule has 3 aromatic rings. The molecule has 164 valence electrons. The Bertz CT molecular complexity index is 985. The van der Waals surface area contributed by atoms with Crippen LogP contribution in [0.15, 0.2) is 54.6 Å². The molecule has 1 aliphatic rings. The molecule has 1 atom stereocenters. The molecule has 1 fully saturated rings. The molecule has 0 spiro atoms. The van der Waals surface area contributed by atoms with Crippen LogP contribution in [0.4, 0.5) is 5.82 Å². The van der Waals surface area contributed by atoms with Crippen LogP contribution in [0.5, 0.6) is 5.75 Å². The maximum atomic E-state index is 9.76. The van der Waals surface area contributed by atoms with Gasteiger partial charge in [-0.15, -0.1) is 0 Å². The Labute approximate surface area is 184 Å². The van der Waals surface area contributed by atoms with E-state index in [1.807, 2.05) is 24.3 Å². The zero-order chi connectivity index (χ0) is 21.6. The Hall–Kier alpha value is -2.67. The second-order valence-corrected chi connectivity index (χ2v) is 7.92. The fourth-order valence-electron chi connectivity index (χ4n) is 4.00. The van der Waals surface area contributed by atoms with Crippen LogP contribution in [0, 0.1) is 0 Å². The summed E-state index contributed by atoms with van der Waals surface area (Å²) in [4.78, 5) is 9.97. The number of fused-ring (bicyclic) bond motifs is 1. The molecule has 0 aliphatic carbocycles. The molecular formula is C25H31N3O3.